The number of anilines is 1. The molecule has 0 unspecified atom stereocenters. The molecule has 3 aromatic carbocycles. The molecule has 1 heterocycles. The van der Waals surface area contributed by atoms with Crippen LogP contribution in [0.15, 0.2) is 60.2 Å². The fraction of sp³-hybridized carbons (Fsp3) is 0.125. The monoisotopic (exact) mass is 400 g/mol. The summed E-state index contributed by atoms with van der Waals surface area (Å²) in [7, 11) is 1.59. The van der Waals surface area contributed by atoms with Crippen LogP contribution in [0, 0.1) is 13.8 Å². The van der Waals surface area contributed by atoms with Gasteiger partial charge in [-0.15, -0.1) is 0 Å². The fourth-order valence-electron chi connectivity index (χ4n) is 3.73. The molecule has 30 heavy (non-hydrogen) atoms. The van der Waals surface area contributed by atoms with Crippen LogP contribution in [0.5, 0.6) is 5.75 Å². The topological polar surface area (TPSA) is 75.7 Å². The summed E-state index contributed by atoms with van der Waals surface area (Å²) >= 11 is 0. The molecule has 0 aromatic heterocycles. The van der Waals surface area contributed by atoms with E-state index in [0.717, 1.165) is 26.8 Å². The minimum Gasteiger partial charge on any atom is -0.496 e. The maximum Gasteiger partial charge on any atom is 0.335 e. The number of nitrogens with one attached hydrogen (secondary N) is 1. The van der Waals surface area contributed by atoms with Crippen molar-refractivity contribution in [3.05, 3.63) is 76.9 Å². The van der Waals surface area contributed by atoms with E-state index in [2.05, 4.69) is 5.32 Å². The predicted octanol–water partition coefficient (Wildman–Crippen LogP) is 4.13. The molecule has 4 rings (SSSR count). The second-order valence-corrected chi connectivity index (χ2v) is 7.21. The highest BCUT2D eigenvalue weighted by atomic mass is 16.5. The highest BCUT2D eigenvalue weighted by molar-refractivity contribution is 6.39. The first-order chi connectivity index (χ1) is 14.4. The van der Waals surface area contributed by atoms with Crippen LogP contribution < -0.4 is 15.0 Å². The van der Waals surface area contributed by atoms with Gasteiger partial charge in [-0.3, -0.25) is 14.9 Å². The molecule has 4 amide bonds. The molecule has 3 aromatic rings. The number of imide groups is 2. The van der Waals surface area contributed by atoms with Gasteiger partial charge in [0.25, 0.3) is 11.8 Å². The van der Waals surface area contributed by atoms with Crippen molar-refractivity contribution in [1.29, 1.82) is 0 Å². The molecule has 1 N–H and O–H groups in total. The van der Waals surface area contributed by atoms with Crippen molar-refractivity contribution in [1.82, 2.24) is 5.32 Å². The smallest absolute Gasteiger partial charge is 0.335 e. The molecular weight excluding hydrogens is 380 g/mol. The van der Waals surface area contributed by atoms with Crippen molar-refractivity contribution in [3.8, 4) is 5.75 Å². The number of nitrogens with zero attached hydrogens (tertiary/aromatic N) is 1. The van der Waals surface area contributed by atoms with Crippen LogP contribution in [0.4, 0.5) is 10.5 Å². The predicted molar refractivity (Wildman–Crippen MR) is 115 cm³/mol. The maximum absolute atomic E-state index is 13.2. The average molecular weight is 400 g/mol. The Morgan fingerprint density at radius 1 is 0.900 bits per heavy atom. The van der Waals surface area contributed by atoms with Gasteiger partial charge < -0.3 is 4.74 Å². The molecule has 0 atom stereocenters. The summed E-state index contributed by atoms with van der Waals surface area (Å²) in [6.07, 6.45) is 1.52. The van der Waals surface area contributed by atoms with Crippen molar-refractivity contribution in [2.24, 2.45) is 0 Å². The lowest BCUT2D eigenvalue weighted by Crippen LogP contribution is -2.54. The lowest BCUT2D eigenvalue weighted by Gasteiger charge is -2.27. The SMILES string of the molecule is COc1ccc(/C=C2\C(=O)NC(=O)N(c3cc(C)cc(C)c3)C2=O)c2ccccc12. The zero-order chi connectivity index (χ0) is 21.4. The second-order valence-electron chi connectivity index (χ2n) is 7.21. The number of amides is 4. The lowest BCUT2D eigenvalue weighted by molar-refractivity contribution is -0.122. The standard InChI is InChI=1S/C24H20N2O4/c1-14-10-15(2)12-17(11-14)26-23(28)20(22(27)25-24(26)29)13-16-8-9-21(30-3)19-7-5-4-6-18(16)19/h4-13H,1-3H3,(H,25,27,29)/b20-13+. The molecule has 1 aliphatic heterocycles. The first-order valence-corrected chi connectivity index (χ1v) is 9.44. The number of barbiturate groups is 1. The summed E-state index contributed by atoms with van der Waals surface area (Å²) < 4.78 is 5.41. The third-order valence-corrected chi connectivity index (χ3v) is 5.00. The third kappa shape index (κ3) is 3.33. The van der Waals surface area contributed by atoms with E-state index in [1.165, 1.54) is 6.08 Å². The number of ether oxygens (including phenoxy) is 1. The van der Waals surface area contributed by atoms with Crippen molar-refractivity contribution in [2.45, 2.75) is 13.8 Å². The number of rotatable bonds is 3. The van der Waals surface area contributed by atoms with E-state index in [0.29, 0.717) is 17.0 Å². The largest absolute Gasteiger partial charge is 0.496 e. The van der Waals surface area contributed by atoms with Crippen molar-refractivity contribution in [3.63, 3.8) is 0 Å². The molecule has 0 saturated carbocycles. The Morgan fingerprint density at radius 3 is 2.23 bits per heavy atom. The highest BCUT2D eigenvalue weighted by Gasteiger charge is 2.37. The van der Waals surface area contributed by atoms with Crippen LogP contribution >= 0.6 is 0 Å². The minimum atomic E-state index is -0.758. The molecule has 0 aliphatic carbocycles. The minimum absolute atomic E-state index is 0.107. The normalized spacial score (nSPS) is 15.6. The van der Waals surface area contributed by atoms with E-state index in [4.69, 9.17) is 4.74 Å². The van der Waals surface area contributed by atoms with E-state index < -0.39 is 17.8 Å². The molecule has 1 saturated heterocycles. The molecule has 0 radical (unpaired) electrons. The van der Waals surface area contributed by atoms with E-state index >= 15 is 0 Å². The Labute approximate surface area is 173 Å². The number of fused-ring (bicyclic) bond motifs is 1. The van der Waals surface area contributed by atoms with Crippen LogP contribution in [0.2, 0.25) is 0 Å². The number of aryl methyl sites for hydroxylation is 2. The number of carbonyl (C=O) groups excluding carboxylic acids is 3. The van der Waals surface area contributed by atoms with E-state index in [1.807, 2.05) is 44.2 Å². The van der Waals surface area contributed by atoms with Crippen molar-refractivity contribution < 1.29 is 19.1 Å². The molecule has 1 fully saturated rings. The number of benzene rings is 3. The zero-order valence-corrected chi connectivity index (χ0v) is 16.9. The summed E-state index contributed by atoms with van der Waals surface area (Å²) in [6, 6.07) is 15.8. The quantitative estimate of drug-likeness (QED) is 0.530. The van der Waals surface area contributed by atoms with Gasteiger partial charge in [0.05, 0.1) is 12.8 Å². The molecule has 6 nitrogen and oxygen atoms in total. The van der Waals surface area contributed by atoms with Crippen LogP contribution in [0.1, 0.15) is 16.7 Å². The number of hydrogen-bond donors (Lipinski definition) is 1. The molecule has 0 bridgehead atoms. The summed E-state index contributed by atoms with van der Waals surface area (Å²) in [5.41, 5.74) is 2.82. The van der Waals surface area contributed by atoms with Gasteiger partial charge >= 0.3 is 6.03 Å². The number of urea groups is 1. The summed E-state index contributed by atoms with van der Waals surface area (Å²) in [6.45, 7) is 3.77. The van der Waals surface area contributed by atoms with Gasteiger partial charge in [-0.05, 0) is 60.2 Å². The summed E-state index contributed by atoms with van der Waals surface area (Å²) in [5, 5.41) is 3.97. The van der Waals surface area contributed by atoms with E-state index in [-0.39, 0.29) is 5.57 Å². The molecule has 0 spiro atoms. The van der Waals surface area contributed by atoms with Crippen LogP contribution in [-0.4, -0.2) is 25.0 Å². The second kappa shape index (κ2) is 7.48. The number of hydrogen-bond acceptors (Lipinski definition) is 4. The first kappa shape index (κ1) is 19.4. The number of carbonyl (C=O) groups is 3. The molecule has 1 aliphatic rings. The van der Waals surface area contributed by atoms with Gasteiger partial charge in [0.1, 0.15) is 11.3 Å². The van der Waals surface area contributed by atoms with Gasteiger partial charge in [-0.25, -0.2) is 9.69 Å². The van der Waals surface area contributed by atoms with Gasteiger partial charge in [-0.1, -0.05) is 36.4 Å². The molecule has 6 heteroatoms. The van der Waals surface area contributed by atoms with Crippen LogP contribution in [-0.2, 0) is 9.59 Å². The average Bonchev–Trinajstić information content (AvgIpc) is 2.70. The molecular formula is C24H20N2O4. The van der Waals surface area contributed by atoms with E-state index in [1.54, 1.807) is 31.4 Å². The number of methoxy groups -OCH3 is 1. The Bertz CT molecular complexity index is 1220. The van der Waals surface area contributed by atoms with E-state index in [9.17, 15) is 14.4 Å². The van der Waals surface area contributed by atoms with Gasteiger partial charge in [0.15, 0.2) is 0 Å². The Kier molecular flexibility index (Phi) is 4.83. The zero-order valence-electron chi connectivity index (χ0n) is 16.9. The third-order valence-electron chi connectivity index (χ3n) is 5.00. The fourth-order valence-corrected chi connectivity index (χ4v) is 3.73. The van der Waals surface area contributed by atoms with Crippen LogP contribution in [0.3, 0.4) is 0 Å². The summed E-state index contributed by atoms with van der Waals surface area (Å²) in [5.74, 6) is -0.682. The van der Waals surface area contributed by atoms with Gasteiger partial charge in [0, 0.05) is 5.39 Å². The van der Waals surface area contributed by atoms with Crippen molar-refractivity contribution in [2.75, 3.05) is 12.0 Å². The Balaban J connectivity index is 1.83. The Hall–Kier alpha value is -3.93. The maximum atomic E-state index is 13.2. The first-order valence-electron chi connectivity index (χ1n) is 9.44. The van der Waals surface area contributed by atoms with Crippen molar-refractivity contribution >= 4 is 40.4 Å². The van der Waals surface area contributed by atoms with Crippen LogP contribution in [0.25, 0.3) is 16.8 Å². The summed E-state index contributed by atoms with van der Waals surface area (Å²) in [4.78, 5) is 39.2. The highest BCUT2D eigenvalue weighted by Crippen LogP contribution is 2.31. The van der Waals surface area contributed by atoms with Gasteiger partial charge in [-0.2, -0.15) is 0 Å². The molecule has 150 valence electrons. The lowest BCUT2D eigenvalue weighted by atomic mass is 10.00. The van der Waals surface area contributed by atoms with Gasteiger partial charge in [0.2, 0.25) is 0 Å². The Morgan fingerprint density at radius 2 is 1.57 bits per heavy atom.